The maximum atomic E-state index is 14.2. The van der Waals surface area contributed by atoms with Crippen molar-refractivity contribution in [1.82, 2.24) is 14.9 Å². The minimum absolute atomic E-state index is 0.0887. The normalized spacial score (nSPS) is 14.6. The molecule has 2 aromatic heterocycles. The van der Waals surface area contributed by atoms with Crippen molar-refractivity contribution >= 4 is 17.4 Å². The van der Waals surface area contributed by atoms with Gasteiger partial charge in [-0.3, -0.25) is 9.78 Å². The third-order valence-corrected chi connectivity index (χ3v) is 3.91. The van der Waals surface area contributed by atoms with Crippen molar-refractivity contribution in [3.05, 3.63) is 47.7 Å². The summed E-state index contributed by atoms with van der Waals surface area (Å²) in [6.45, 7) is 3.34. The van der Waals surface area contributed by atoms with Crippen LogP contribution in [0.3, 0.4) is 0 Å². The summed E-state index contributed by atoms with van der Waals surface area (Å²) in [6, 6.07) is 4.87. The van der Waals surface area contributed by atoms with Crippen LogP contribution >= 0.6 is 0 Å². The number of amides is 1. The lowest BCUT2D eigenvalue weighted by Gasteiger charge is -2.26. The predicted octanol–water partition coefficient (Wildman–Crippen LogP) is 3.29. The molecule has 1 amide bonds. The fourth-order valence-electron chi connectivity index (χ4n) is 2.60. The van der Waals surface area contributed by atoms with E-state index in [1.807, 2.05) is 13.0 Å². The number of piperidine rings is 1. The van der Waals surface area contributed by atoms with E-state index in [4.69, 9.17) is 0 Å². The molecule has 120 valence electrons. The van der Waals surface area contributed by atoms with Crippen LogP contribution in [0.4, 0.5) is 15.9 Å². The Kier molecular flexibility index (Phi) is 4.50. The third kappa shape index (κ3) is 3.64. The van der Waals surface area contributed by atoms with E-state index in [1.54, 1.807) is 17.2 Å². The van der Waals surface area contributed by atoms with Gasteiger partial charge in [0, 0.05) is 25.0 Å². The fourth-order valence-corrected chi connectivity index (χ4v) is 2.60. The number of anilines is 2. The lowest BCUT2D eigenvalue weighted by Crippen LogP contribution is -2.35. The summed E-state index contributed by atoms with van der Waals surface area (Å²) in [6.07, 6.45) is 6.18. The first-order valence-electron chi connectivity index (χ1n) is 7.78. The zero-order valence-electron chi connectivity index (χ0n) is 13.1. The Bertz CT molecular complexity index is 696. The van der Waals surface area contributed by atoms with Crippen molar-refractivity contribution in [2.24, 2.45) is 0 Å². The van der Waals surface area contributed by atoms with E-state index < -0.39 is 5.82 Å². The van der Waals surface area contributed by atoms with Crippen molar-refractivity contribution in [2.45, 2.75) is 26.2 Å². The Morgan fingerprint density at radius 1 is 1.17 bits per heavy atom. The van der Waals surface area contributed by atoms with Gasteiger partial charge in [0.15, 0.2) is 11.6 Å². The second kappa shape index (κ2) is 6.73. The molecule has 0 saturated carbocycles. The highest BCUT2D eigenvalue weighted by atomic mass is 19.1. The van der Waals surface area contributed by atoms with E-state index in [2.05, 4.69) is 15.3 Å². The molecular formula is C17H19FN4O. The number of aryl methyl sites for hydroxylation is 1. The lowest BCUT2D eigenvalue weighted by molar-refractivity contribution is 0.0723. The summed E-state index contributed by atoms with van der Waals surface area (Å²) in [5.41, 5.74) is 1.82. The molecule has 2 aromatic rings. The molecule has 1 N–H and O–H groups in total. The van der Waals surface area contributed by atoms with Gasteiger partial charge in [0.2, 0.25) is 0 Å². The molecule has 3 rings (SSSR count). The third-order valence-electron chi connectivity index (χ3n) is 3.91. The molecule has 5 nitrogen and oxygen atoms in total. The standard InChI is InChI=1S/C17H19FN4O/c1-12-5-6-14(11-19-12)21-16-15(18)9-13(10-20-16)17(23)22-7-3-2-4-8-22/h5-6,9-11H,2-4,7-8H2,1H3,(H,20,21). The minimum Gasteiger partial charge on any atom is -0.339 e. The molecule has 1 aliphatic heterocycles. The topological polar surface area (TPSA) is 58.1 Å². The van der Waals surface area contributed by atoms with Crippen molar-refractivity contribution in [3.8, 4) is 0 Å². The number of halogens is 1. The molecule has 1 fully saturated rings. The number of likely N-dealkylation sites (tertiary alicyclic amines) is 1. The van der Waals surface area contributed by atoms with E-state index in [0.29, 0.717) is 5.69 Å². The van der Waals surface area contributed by atoms with E-state index in [-0.39, 0.29) is 17.3 Å². The Morgan fingerprint density at radius 3 is 2.61 bits per heavy atom. The van der Waals surface area contributed by atoms with Gasteiger partial charge >= 0.3 is 0 Å². The van der Waals surface area contributed by atoms with Gasteiger partial charge < -0.3 is 10.2 Å². The fraction of sp³-hybridized carbons (Fsp3) is 0.353. The van der Waals surface area contributed by atoms with Gasteiger partial charge in [0.1, 0.15) is 0 Å². The van der Waals surface area contributed by atoms with Crippen LogP contribution in [0.1, 0.15) is 35.3 Å². The van der Waals surface area contributed by atoms with E-state index in [9.17, 15) is 9.18 Å². The number of hydrogen-bond donors (Lipinski definition) is 1. The minimum atomic E-state index is -0.548. The van der Waals surface area contributed by atoms with Crippen molar-refractivity contribution in [1.29, 1.82) is 0 Å². The quantitative estimate of drug-likeness (QED) is 0.944. The molecule has 0 bridgehead atoms. The molecule has 1 aliphatic rings. The van der Waals surface area contributed by atoms with Crippen LogP contribution in [0.15, 0.2) is 30.6 Å². The van der Waals surface area contributed by atoms with Gasteiger partial charge in [-0.05, 0) is 44.4 Å². The Morgan fingerprint density at radius 2 is 1.96 bits per heavy atom. The molecule has 6 heteroatoms. The summed E-state index contributed by atoms with van der Waals surface area (Å²) in [7, 11) is 0. The Labute approximate surface area is 134 Å². The summed E-state index contributed by atoms with van der Waals surface area (Å²) in [4.78, 5) is 22.3. The number of hydrogen-bond acceptors (Lipinski definition) is 4. The zero-order valence-corrected chi connectivity index (χ0v) is 13.1. The van der Waals surface area contributed by atoms with Gasteiger partial charge in [-0.25, -0.2) is 9.37 Å². The monoisotopic (exact) mass is 314 g/mol. The number of aromatic nitrogens is 2. The second-order valence-corrected chi connectivity index (χ2v) is 5.72. The highest BCUT2D eigenvalue weighted by molar-refractivity contribution is 5.94. The average molecular weight is 314 g/mol. The van der Waals surface area contributed by atoms with E-state index in [1.165, 1.54) is 12.3 Å². The van der Waals surface area contributed by atoms with Gasteiger partial charge in [0.05, 0.1) is 17.4 Å². The molecule has 1 saturated heterocycles. The van der Waals surface area contributed by atoms with Gasteiger partial charge in [-0.15, -0.1) is 0 Å². The van der Waals surface area contributed by atoms with Gasteiger partial charge in [-0.1, -0.05) is 0 Å². The van der Waals surface area contributed by atoms with Gasteiger partial charge in [0.25, 0.3) is 5.91 Å². The molecule has 0 spiro atoms. The molecule has 0 radical (unpaired) electrons. The first kappa shape index (κ1) is 15.4. The van der Waals surface area contributed by atoms with Crippen LogP contribution < -0.4 is 5.32 Å². The van der Waals surface area contributed by atoms with Crippen LogP contribution in [0.5, 0.6) is 0 Å². The summed E-state index contributed by atoms with van der Waals surface area (Å²) in [5, 5.41) is 2.87. The van der Waals surface area contributed by atoms with Crippen molar-refractivity contribution in [2.75, 3.05) is 18.4 Å². The van der Waals surface area contributed by atoms with Crippen molar-refractivity contribution in [3.63, 3.8) is 0 Å². The summed E-state index contributed by atoms with van der Waals surface area (Å²) in [5.74, 6) is -0.612. The molecule has 0 atom stereocenters. The van der Waals surface area contributed by atoms with Crippen LogP contribution in [-0.2, 0) is 0 Å². The summed E-state index contributed by atoms with van der Waals surface area (Å²) < 4.78 is 14.2. The molecule has 23 heavy (non-hydrogen) atoms. The largest absolute Gasteiger partial charge is 0.339 e. The first-order valence-corrected chi connectivity index (χ1v) is 7.78. The predicted molar refractivity (Wildman–Crippen MR) is 86.2 cm³/mol. The van der Waals surface area contributed by atoms with Crippen LogP contribution in [0.2, 0.25) is 0 Å². The smallest absolute Gasteiger partial charge is 0.255 e. The maximum absolute atomic E-state index is 14.2. The summed E-state index contributed by atoms with van der Waals surface area (Å²) >= 11 is 0. The zero-order chi connectivity index (χ0) is 16.2. The number of carbonyl (C=O) groups excluding carboxylic acids is 1. The second-order valence-electron chi connectivity index (χ2n) is 5.72. The average Bonchev–Trinajstić information content (AvgIpc) is 2.59. The number of rotatable bonds is 3. The van der Waals surface area contributed by atoms with Crippen LogP contribution in [-0.4, -0.2) is 33.9 Å². The number of pyridine rings is 2. The highest BCUT2D eigenvalue weighted by Gasteiger charge is 2.19. The Balaban J connectivity index is 1.74. The lowest BCUT2D eigenvalue weighted by atomic mass is 10.1. The number of nitrogens with one attached hydrogen (secondary N) is 1. The molecular weight excluding hydrogens is 295 g/mol. The number of carbonyl (C=O) groups is 1. The van der Waals surface area contributed by atoms with E-state index >= 15 is 0 Å². The van der Waals surface area contributed by atoms with Gasteiger partial charge in [-0.2, -0.15) is 0 Å². The molecule has 0 aromatic carbocycles. The highest BCUT2D eigenvalue weighted by Crippen LogP contribution is 2.19. The van der Waals surface area contributed by atoms with E-state index in [0.717, 1.165) is 38.0 Å². The van der Waals surface area contributed by atoms with Crippen molar-refractivity contribution < 1.29 is 9.18 Å². The molecule has 3 heterocycles. The Hall–Kier alpha value is -2.50. The van der Waals surface area contributed by atoms with Crippen LogP contribution in [0.25, 0.3) is 0 Å². The first-order chi connectivity index (χ1) is 11.1. The SMILES string of the molecule is Cc1ccc(Nc2ncc(C(=O)N3CCCCC3)cc2F)cn1. The maximum Gasteiger partial charge on any atom is 0.255 e. The van der Waals surface area contributed by atoms with Crippen LogP contribution in [0, 0.1) is 12.7 Å². The number of nitrogens with zero attached hydrogens (tertiary/aromatic N) is 3. The molecule has 0 unspecified atom stereocenters. The molecule has 0 aliphatic carbocycles.